The van der Waals surface area contributed by atoms with Gasteiger partial charge in [-0.3, -0.25) is 4.79 Å². The number of nitrogens with zero attached hydrogens (tertiary/aromatic N) is 1. The van der Waals surface area contributed by atoms with E-state index < -0.39 is 10.0 Å². The summed E-state index contributed by atoms with van der Waals surface area (Å²) < 4.78 is 33.8. The van der Waals surface area contributed by atoms with Crippen LogP contribution in [0.15, 0.2) is 59.6 Å². The van der Waals surface area contributed by atoms with Crippen LogP contribution in [0.5, 0.6) is 0 Å². The number of carbonyl (C=O) groups is 1. The average Bonchev–Trinajstić information content (AvgIpc) is 3.48. The zero-order valence-corrected chi connectivity index (χ0v) is 18.8. The summed E-state index contributed by atoms with van der Waals surface area (Å²) in [5.41, 5.74) is 2.28. The Morgan fingerprint density at radius 2 is 1.62 bits per heavy atom. The van der Waals surface area contributed by atoms with Crippen LogP contribution in [0.2, 0.25) is 0 Å². The van der Waals surface area contributed by atoms with Crippen LogP contribution >= 0.6 is 0 Å². The van der Waals surface area contributed by atoms with E-state index >= 15 is 0 Å². The van der Waals surface area contributed by atoms with Gasteiger partial charge in [0, 0.05) is 36.4 Å². The van der Waals surface area contributed by atoms with E-state index in [-0.39, 0.29) is 16.8 Å². The predicted molar refractivity (Wildman–Crippen MR) is 123 cm³/mol. The maximum atomic E-state index is 13.5. The van der Waals surface area contributed by atoms with Gasteiger partial charge >= 0.3 is 0 Å². The molecule has 1 aromatic heterocycles. The van der Waals surface area contributed by atoms with Gasteiger partial charge in [0.25, 0.3) is 15.9 Å². The fourth-order valence-electron chi connectivity index (χ4n) is 4.94. The van der Waals surface area contributed by atoms with Gasteiger partial charge in [0.15, 0.2) is 0 Å². The fourth-order valence-corrected chi connectivity index (χ4v) is 6.32. The monoisotopic (exact) mass is 452 g/mol. The second-order valence-electron chi connectivity index (χ2n) is 8.77. The van der Waals surface area contributed by atoms with Crippen LogP contribution in [0.1, 0.15) is 60.4 Å². The second kappa shape index (κ2) is 8.71. The number of fused-ring (bicyclic) bond motifs is 1. The Hall–Kier alpha value is -2.64. The molecule has 5 rings (SSSR count). The summed E-state index contributed by atoms with van der Waals surface area (Å²) in [5.74, 6) is 0.225. The number of nitrogens with one attached hydrogen (secondary N) is 1. The fraction of sp³-hybridized carbons (Fsp3) is 0.400. The van der Waals surface area contributed by atoms with Crippen molar-refractivity contribution < 1.29 is 17.9 Å². The third kappa shape index (κ3) is 3.95. The van der Waals surface area contributed by atoms with Crippen molar-refractivity contribution in [1.29, 1.82) is 0 Å². The van der Waals surface area contributed by atoms with Gasteiger partial charge in [-0.1, -0.05) is 31.0 Å². The molecule has 6 nitrogen and oxygen atoms in total. The molecule has 2 heterocycles. The van der Waals surface area contributed by atoms with Crippen molar-refractivity contribution in [2.24, 2.45) is 0 Å². The van der Waals surface area contributed by atoms with E-state index in [1.807, 2.05) is 30.5 Å². The largest absolute Gasteiger partial charge is 0.381 e. The molecular formula is C25H28N2O4S. The van der Waals surface area contributed by atoms with Gasteiger partial charge in [0.1, 0.15) is 0 Å². The van der Waals surface area contributed by atoms with Gasteiger partial charge in [0.05, 0.1) is 10.4 Å². The van der Waals surface area contributed by atoms with Crippen LogP contribution in [0.4, 0.5) is 0 Å². The topological polar surface area (TPSA) is 77.4 Å². The molecule has 1 saturated heterocycles. The summed E-state index contributed by atoms with van der Waals surface area (Å²) in [4.78, 5) is 12.7. The number of para-hydroxylation sites is 1. The molecule has 3 aromatic rings. The van der Waals surface area contributed by atoms with Gasteiger partial charge in [0.2, 0.25) is 0 Å². The Morgan fingerprint density at radius 1 is 0.938 bits per heavy atom. The van der Waals surface area contributed by atoms with Crippen molar-refractivity contribution in [3.05, 3.63) is 65.9 Å². The first kappa shape index (κ1) is 21.2. The summed E-state index contributed by atoms with van der Waals surface area (Å²) >= 11 is 0. The quantitative estimate of drug-likeness (QED) is 0.621. The van der Waals surface area contributed by atoms with Gasteiger partial charge < -0.3 is 10.1 Å². The lowest BCUT2D eigenvalue weighted by Crippen LogP contribution is -2.38. The number of amides is 1. The third-order valence-corrected chi connectivity index (χ3v) is 8.42. The van der Waals surface area contributed by atoms with E-state index in [1.54, 1.807) is 12.1 Å². The molecule has 2 aromatic carbocycles. The van der Waals surface area contributed by atoms with Gasteiger partial charge in [-0.25, -0.2) is 12.4 Å². The van der Waals surface area contributed by atoms with E-state index in [2.05, 4.69) is 5.32 Å². The van der Waals surface area contributed by atoms with Crippen molar-refractivity contribution in [3.63, 3.8) is 0 Å². The van der Waals surface area contributed by atoms with Crippen LogP contribution < -0.4 is 5.32 Å². The zero-order valence-electron chi connectivity index (χ0n) is 18.0. The van der Waals surface area contributed by atoms with Crippen molar-refractivity contribution >= 4 is 26.8 Å². The number of benzene rings is 2. The summed E-state index contributed by atoms with van der Waals surface area (Å²) in [6, 6.07) is 14.0. The van der Waals surface area contributed by atoms with Gasteiger partial charge in [-0.2, -0.15) is 0 Å². The van der Waals surface area contributed by atoms with Crippen molar-refractivity contribution in [3.8, 4) is 0 Å². The first-order valence-electron chi connectivity index (χ1n) is 11.4. The van der Waals surface area contributed by atoms with Crippen molar-refractivity contribution in [2.75, 3.05) is 13.2 Å². The molecule has 1 aliphatic carbocycles. The molecule has 0 unspecified atom stereocenters. The Balaban J connectivity index is 1.43. The predicted octanol–water partition coefficient (Wildman–Crippen LogP) is 4.44. The first-order chi connectivity index (χ1) is 15.5. The molecule has 0 radical (unpaired) electrons. The van der Waals surface area contributed by atoms with E-state index in [1.165, 1.54) is 28.9 Å². The molecule has 2 fully saturated rings. The minimum Gasteiger partial charge on any atom is -0.381 e. The SMILES string of the molecule is O=C(NC1CCOCC1)c1ccc(S(=O)(=O)n2cc(C3CCCC3)c3ccccc32)cc1. The molecule has 1 amide bonds. The standard InChI is InChI=1S/C25H28N2O4S/c28-25(26-20-13-15-31-16-14-20)19-9-11-21(12-10-19)32(29,30)27-17-23(18-5-1-2-6-18)22-7-3-4-8-24(22)27/h3-4,7-12,17-18,20H,1-2,5-6,13-16H2,(H,26,28). The summed E-state index contributed by atoms with van der Waals surface area (Å²) in [5, 5.41) is 4.02. The number of ether oxygens (including phenoxy) is 1. The van der Waals surface area contributed by atoms with Gasteiger partial charge in [-0.15, -0.1) is 0 Å². The lowest BCUT2D eigenvalue weighted by Gasteiger charge is -2.23. The molecule has 2 aliphatic rings. The Bertz CT molecular complexity index is 1220. The maximum Gasteiger partial charge on any atom is 0.268 e. The first-order valence-corrected chi connectivity index (χ1v) is 12.8. The van der Waals surface area contributed by atoms with E-state index in [4.69, 9.17) is 4.74 Å². The molecule has 0 atom stereocenters. The van der Waals surface area contributed by atoms with Crippen LogP contribution in [0, 0.1) is 0 Å². The highest BCUT2D eigenvalue weighted by Gasteiger charge is 2.26. The number of hydrogen-bond acceptors (Lipinski definition) is 4. The van der Waals surface area contributed by atoms with Crippen LogP contribution in [0.25, 0.3) is 10.9 Å². The number of aromatic nitrogens is 1. The lowest BCUT2D eigenvalue weighted by molar-refractivity contribution is 0.0696. The van der Waals surface area contributed by atoms with Crippen molar-refractivity contribution in [1.82, 2.24) is 9.29 Å². The highest BCUT2D eigenvalue weighted by molar-refractivity contribution is 7.90. The lowest BCUT2D eigenvalue weighted by atomic mass is 9.97. The number of hydrogen-bond donors (Lipinski definition) is 1. The normalized spacial score (nSPS) is 18.2. The number of rotatable bonds is 5. The molecule has 7 heteroatoms. The van der Waals surface area contributed by atoms with E-state index in [9.17, 15) is 13.2 Å². The zero-order chi connectivity index (χ0) is 22.1. The summed E-state index contributed by atoms with van der Waals surface area (Å²) in [7, 11) is -3.78. The number of carbonyl (C=O) groups excluding carboxylic acids is 1. The van der Waals surface area contributed by atoms with Crippen molar-refractivity contribution in [2.45, 2.75) is 55.4 Å². The van der Waals surface area contributed by atoms with E-state index in [0.29, 0.717) is 30.2 Å². The van der Waals surface area contributed by atoms with E-state index in [0.717, 1.165) is 36.6 Å². The summed E-state index contributed by atoms with van der Waals surface area (Å²) in [6.45, 7) is 1.30. The molecule has 168 valence electrons. The van der Waals surface area contributed by atoms with Gasteiger partial charge in [-0.05, 0) is 67.5 Å². The molecule has 1 saturated carbocycles. The minimum atomic E-state index is -3.78. The minimum absolute atomic E-state index is 0.0971. The molecule has 1 aliphatic heterocycles. The third-order valence-electron chi connectivity index (χ3n) is 6.73. The Labute approximate surface area is 188 Å². The highest BCUT2D eigenvalue weighted by atomic mass is 32.2. The smallest absolute Gasteiger partial charge is 0.268 e. The summed E-state index contributed by atoms with van der Waals surface area (Å²) in [6.07, 6.45) is 7.98. The average molecular weight is 453 g/mol. The maximum absolute atomic E-state index is 13.5. The van der Waals surface area contributed by atoms with Crippen LogP contribution in [-0.4, -0.2) is 37.6 Å². The Kier molecular flexibility index (Phi) is 5.78. The highest BCUT2D eigenvalue weighted by Crippen LogP contribution is 2.39. The Morgan fingerprint density at radius 3 is 2.34 bits per heavy atom. The van der Waals surface area contributed by atoms with Crippen LogP contribution in [-0.2, 0) is 14.8 Å². The molecule has 32 heavy (non-hydrogen) atoms. The van der Waals surface area contributed by atoms with Crippen LogP contribution in [0.3, 0.4) is 0 Å². The molecule has 0 bridgehead atoms. The molecular weight excluding hydrogens is 424 g/mol. The molecule has 0 spiro atoms. The molecule has 1 N–H and O–H groups in total. The second-order valence-corrected chi connectivity index (χ2v) is 10.6.